The van der Waals surface area contributed by atoms with Crippen molar-refractivity contribution in [2.24, 2.45) is 0 Å². The monoisotopic (exact) mass is 472 g/mol. The number of benzene rings is 1. The molecule has 3 heterocycles. The van der Waals surface area contributed by atoms with Crippen LogP contribution in [0.1, 0.15) is 10.4 Å². The predicted octanol–water partition coefficient (Wildman–Crippen LogP) is 3.99. The van der Waals surface area contributed by atoms with Crippen LogP contribution in [0.15, 0.2) is 35.2 Å². The minimum Gasteiger partial charge on any atom is -0.478 e. The SMILES string of the molecule is O=C(O)c1cc(-c2cc(Cl)sc2Cl)nc2ccc(S(=O)(=O)N3CCOCC3)cc12. The Morgan fingerprint density at radius 1 is 1.17 bits per heavy atom. The van der Waals surface area contributed by atoms with Gasteiger partial charge in [-0.05, 0) is 30.3 Å². The van der Waals surface area contributed by atoms with E-state index in [2.05, 4.69) is 4.98 Å². The first kappa shape index (κ1) is 20.5. The zero-order valence-corrected chi connectivity index (χ0v) is 17.9. The van der Waals surface area contributed by atoms with Crippen molar-refractivity contribution < 1.29 is 23.1 Å². The second-order valence-electron chi connectivity index (χ2n) is 6.29. The van der Waals surface area contributed by atoms with Crippen molar-refractivity contribution in [3.63, 3.8) is 0 Å². The van der Waals surface area contributed by atoms with Crippen LogP contribution >= 0.6 is 34.5 Å². The predicted molar refractivity (Wildman–Crippen MR) is 112 cm³/mol. The van der Waals surface area contributed by atoms with Gasteiger partial charge < -0.3 is 9.84 Å². The maximum atomic E-state index is 12.9. The van der Waals surface area contributed by atoms with Crippen LogP contribution in [0.3, 0.4) is 0 Å². The summed E-state index contributed by atoms with van der Waals surface area (Å²) < 4.78 is 33.2. The zero-order chi connectivity index (χ0) is 20.8. The van der Waals surface area contributed by atoms with Crippen LogP contribution in [0.2, 0.25) is 8.67 Å². The van der Waals surface area contributed by atoms with Gasteiger partial charge in [0.05, 0.1) is 39.2 Å². The largest absolute Gasteiger partial charge is 0.478 e. The summed E-state index contributed by atoms with van der Waals surface area (Å²) in [6.45, 7) is 1.14. The Morgan fingerprint density at radius 3 is 2.52 bits per heavy atom. The fourth-order valence-electron chi connectivity index (χ4n) is 3.13. The summed E-state index contributed by atoms with van der Waals surface area (Å²) in [6, 6.07) is 7.27. The van der Waals surface area contributed by atoms with E-state index in [4.69, 9.17) is 27.9 Å². The zero-order valence-electron chi connectivity index (χ0n) is 14.8. The van der Waals surface area contributed by atoms with E-state index >= 15 is 0 Å². The van der Waals surface area contributed by atoms with Crippen molar-refractivity contribution >= 4 is 61.4 Å². The molecule has 0 amide bonds. The molecule has 1 N–H and O–H groups in total. The van der Waals surface area contributed by atoms with E-state index < -0.39 is 16.0 Å². The standard InChI is InChI=1S/C18H14Cl2N2O5S2/c19-16-9-13(17(20)28-16)15-8-12(18(23)24)11-7-10(1-2-14(11)21-15)29(25,26)22-3-5-27-6-4-22/h1-2,7-9H,3-6H2,(H,23,24). The van der Waals surface area contributed by atoms with Crippen molar-refractivity contribution in [1.82, 2.24) is 9.29 Å². The Kier molecular flexibility index (Phi) is 5.54. The van der Waals surface area contributed by atoms with Gasteiger partial charge >= 0.3 is 5.97 Å². The van der Waals surface area contributed by atoms with Gasteiger partial charge in [-0.2, -0.15) is 4.31 Å². The molecule has 7 nitrogen and oxygen atoms in total. The summed E-state index contributed by atoms with van der Waals surface area (Å²) in [4.78, 5) is 16.4. The molecule has 1 aromatic carbocycles. The first-order chi connectivity index (χ1) is 13.8. The summed E-state index contributed by atoms with van der Waals surface area (Å²) in [5.74, 6) is -1.20. The Balaban J connectivity index is 1.87. The molecule has 0 bridgehead atoms. The normalized spacial score (nSPS) is 15.7. The summed E-state index contributed by atoms with van der Waals surface area (Å²) in [5.41, 5.74) is 1.16. The summed E-state index contributed by atoms with van der Waals surface area (Å²) >= 11 is 13.3. The molecule has 0 spiro atoms. The number of rotatable bonds is 4. The molecule has 1 aliphatic heterocycles. The molecule has 4 rings (SSSR count). The number of thiophene rings is 1. The Morgan fingerprint density at radius 2 is 1.90 bits per heavy atom. The molecular formula is C18H14Cl2N2O5S2. The highest BCUT2D eigenvalue weighted by Gasteiger charge is 2.27. The summed E-state index contributed by atoms with van der Waals surface area (Å²) in [5, 5.41) is 9.94. The molecule has 3 aromatic rings. The van der Waals surface area contributed by atoms with E-state index in [-0.39, 0.29) is 28.9 Å². The van der Waals surface area contributed by atoms with Gasteiger partial charge in [0.1, 0.15) is 4.34 Å². The molecule has 0 unspecified atom stereocenters. The number of sulfonamides is 1. The molecule has 11 heteroatoms. The van der Waals surface area contributed by atoms with Gasteiger partial charge in [0.2, 0.25) is 10.0 Å². The van der Waals surface area contributed by atoms with E-state index in [0.29, 0.717) is 38.7 Å². The van der Waals surface area contributed by atoms with Crippen LogP contribution in [0.5, 0.6) is 0 Å². The number of fused-ring (bicyclic) bond motifs is 1. The number of nitrogens with zero attached hydrogens (tertiary/aromatic N) is 2. The van der Waals surface area contributed by atoms with E-state index in [0.717, 1.165) is 11.3 Å². The lowest BCUT2D eigenvalue weighted by molar-refractivity contribution is 0.0699. The number of morpholine rings is 1. The molecule has 1 aliphatic rings. The Bertz CT molecular complexity index is 1220. The molecule has 2 aromatic heterocycles. The molecule has 0 radical (unpaired) electrons. The van der Waals surface area contributed by atoms with Crippen LogP contribution < -0.4 is 0 Å². The third-order valence-electron chi connectivity index (χ3n) is 4.55. The Labute approximate surface area is 180 Å². The number of ether oxygens (including phenoxy) is 1. The average molecular weight is 473 g/mol. The lowest BCUT2D eigenvalue weighted by Crippen LogP contribution is -2.40. The van der Waals surface area contributed by atoms with Crippen molar-refractivity contribution in [2.75, 3.05) is 26.3 Å². The lowest BCUT2D eigenvalue weighted by atomic mass is 10.1. The molecule has 152 valence electrons. The van der Waals surface area contributed by atoms with Crippen molar-refractivity contribution in [2.45, 2.75) is 4.90 Å². The minimum atomic E-state index is -3.77. The van der Waals surface area contributed by atoms with Crippen molar-refractivity contribution in [3.05, 3.63) is 44.6 Å². The highest BCUT2D eigenvalue weighted by Crippen LogP contribution is 2.38. The van der Waals surface area contributed by atoms with E-state index in [1.807, 2.05) is 0 Å². The van der Waals surface area contributed by atoms with Gasteiger partial charge in [0.25, 0.3) is 0 Å². The van der Waals surface area contributed by atoms with E-state index in [1.54, 1.807) is 6.07 Å². The molecule has 1 saturated heterocycles. The number of aromatic nitrogens is 1. The topological polar surface area (TPSA) is 96.8 Å². The third-order valence-corrected chi connectivity index (χ3v) is 7.93. The fraction of sp³-hybridized carbons (Fsp3) is 0.222. The van der Waals surface area contributed by atoms with Gasteiger partial charge in [0, 0.05) is 24.0 Å². The second kappa shape index (κ2) is 7.82. The molecule has 1 fully saturated rings. The van der Waals surface area contributed by atoms with Gasteiger partial charge in [-0.25, -0.2) is 18.2 Å². The molecule has 29 heavy (non-hydrogen) atoms. The smallest absolute Gasteiger partial charge is 0.336 e. The van der Waals surface area contributed by atoms with E-state index in [1.165, 1.54) is 28.6 Å². The molecule has 0 saturated carbocycles. The van der Waals surface area contributed by atoms with Crippen LogP contribution in [-0.4, -0.2) is 55.1 Å². The number of carboxylic acid groups (broad SMARTS) is 1. The highest BCUT2D eigenvalue weighted by atomic mass is 35.5. The number of carbonyl (C=O) groups is 1. The van der Waals surface area contributed by atoms with Gasteiger partial charge in [-0.3, -0.25) is 0 Å². The molecule has 0 aliphatic carbocycles. The van der Waals surface area contributed by atoms with Crippen molar-refractivity contribution in [1.29, 1.82) is 0 Å². The van der Waals surface area contributed by atoms with E-state index in [9.17, 15) is 18.3 Å². The average Bonchev–Trinajstić information content (AvgIpc) is 3.05. The van der Waals surface area contributed by atoms with Crippen LogP contribution in [0.25, 0.3) is 22.2 Å². The number of hydrogen-bond donors (Lipinski definition) is 1. The first-order valence-electron chi connectivity index (χ1n) is 8.48. The number of halogens is 2. The Hall–Kier alpha value is -1.75. The second-order valence-corrected chi connectivity index (χ2v) is 10.5. The number of hydrogen-bond acceptors (Lipinski definition) is 6. The highest BCUT2D eigenvalue weighted by molar-refractivity contribution is 7.89. The van der Waals surface area contributed by atoms with Crippen LogP contribution in [0.4, 0.5) is 0 Å². The fourth-order valence-corrected chi connectivity index (χ4v) is 6.05. The molecular weight excluding hydrogens is 459 g/mol. The van der Waals surface area contributed by atoms with Crippen molar-refractivity contribution in [3.8, 4) is 11.3 Å². The maximum absolute atomic E-state index is 12.9. The maximum Gasteiger partial charge on any atom is 0.336 e. The van der Waals surface area contributed by atoms with Gasteiger partial charge in [-0.1, -0.05) is 23.2 Å². The number of carboxylic acids is 1. The summed E-state index contributed by atoms with van der Waals surface area (Å²) in [7, 11) is -3.77. The number of pyridine rings is 1. The minimum absolute atomic E-state index is 0.0144. The quantitative estimate of drug-likeness (QED) is 0.616. The lowest BCUT2D eigenvalue weighted by Gasteiger charge is -2.26. The third kappa shape index (κ3) is 3.86. The van der Waals surface area contributed by atoms with Crippen LogP contribution in [0, 0.1) is 0 Å². The van der Waals surface area contributed by atoms with Crippen LogP contribution in [-0.2, 0) is 14.8 Å². The van der Waals surface area contributed by atoms with Gasteiger partial charge in [0.15, 0.2) is 0 Å². The van der Waals surface area contributed by atoms with Gasteiger partial charge in [-0.15, -0.1) is 11.3 Å². The summed E-state index contributed by atoms with van der Waals surface area (Å²) in [6.07, 6.45) is 0. The number of aromatic carboxylic acids is 1. The first-order valence-corrected chi connectivity index (χ1v) is 11.5. The molecule has 0 atom stereocenters.